The third kappa shape index (κ3) is 2.59. The molecular formula is C11H20N4O. The van der Waals surface area contributed by atoms with Gasteiger partial charge in [-0.25, -0.2) is 0 Å². The number of hydrogen-bond donors (Lipinski definition) is 1. The van der Waals surface area contributed by atoms with Crippen LogP contribution in [0.2, 0.25) is 0 Å². The van der Waals surface area contributed by atoms with Crippen LogP contribution in [0.25, 0.3) is 0 Å². The maximum Gasteiger partial charge on any atom is 0.147 e. The van der Waals surface area contributed by atoms with Crippen LogP contribution >= 0.6 is 0 Å². The molecular weight excluding hydrogens is 204 g/mol. The summed E-state index contributed by atoms with van der Waals surface area (Å²) < 4.78 is 2.23. The van der Waals surface area contributed by atoms with Crippen LogP contribution in [-0.2, 0) is 6.54 Å². The Bertz CT molecular complexity index is 357. The van der Waals surface area contributed by atoms with Crippen molar-refractivity contribution in [2.75, 3.05) is 13.6 Å². The van der Waals surface area contributed by atoms with E-state index in [2.05, 4.69) is 19.7 Å². The average molecular weight is 224 g/mol. The third-order valence-electron chi connectivity index (χ3n) is 2.84. The molecule has 16 heavy (non-hydrogen) atoms. The highest BCUT2D eigenvalue weighted by atomic mass is 16.3. The van der Waals surface area contributed by atoms with Gasteiger partial charge in [0.2, 0.25) is 0 Å². The summed E-state index contributed by atoms with van der Waals surface area (Å²) >= 11 is 0. The molecule has 0 aromatic carbocycles. The van der Waals surface area contributed by atoms with Gasteiger partial charge in [0.15, 0.2) is 0 Å². The first kappa shape index (κ1) is 11.5. The molecule has 0 saturated heterocycles. The summed E-state index contributed by atoms with van der Waals surface area (Å²) in [5, 5.41) is 17.7. The quantitative estimate of drug-likeness (QED) is 0.801. The normalized spacial score (nSPS) is 18.1. The fourth-order valence-corrected chi connectivity index (χ4v) is 2.09. The summed E-state index contributed by atoms with van der Waals surface area (Å²) in [6, 6.07) is 0.616. The fourth-order valence-electron chi connectivity index (χ4n) is 2.09. The number of likely N-dealkylation sites (N-methyl/N-ethyl adjacent to an activating group) is 1. The molecule has 0 spiro atoms. The SMILES string of the molecule is Cc1nnc(CN(C)CC(C)O)n1C1CC1. The lowest BCUT2D eigenvalue weighted by Crippen LogP contribution is -2.28. The fraction of sp³-hybridized carbons (Fsp3) is 0.818. The third-order valence-corrected chi connectivity index (χ3v) is 2.84. The minimum Gasteiger partial charge on any atom is -0.392 e. The maximum atomic E-state index is 9.31. The second-order valence-electron chi connectivity index (χ2n) is 4.81. The van der Waals surface area contributed by atoms with Crippen LogP contribution in [0.3, 0.4) is 0 Å². The highest BCUT2D eigenvalue weighted by Gasteiger charge is 2.28. The van der Waals surface area contributed by atoms with E-state index in [1.807, 2.05) is 14.0 Å². The van der Waals surface area contributed by atoms with Crippen LogP contribution < -0.4 is 0 Å². The van der Waals surface area contributed by atoms with Gasteiger partial charge in [-0.15, -0.1) is 10.2 Å². The van der Waals surface area contributed by atoms with Crippen molar-refractivity contribution in [2.24, 2.45) is 0 Å². The number of hydrogen-bond acceptors (Lipinski definition) is 4. The van der Waals surface area contributed by atoms with Gasteiger partial charge < -0.3 is 9.67 Å². The van der Waals surface area contributed by atoms with Crippen molar-refractivity contribution in [1.82, 2.24) is 19.7 Å². The molecule has 1 N–H and O–H groups in total. The van der Waals surface area contributed by atoms with E-state index in [-0.39, 0.29) is 6.10 Å². The second-order valence-corrected chi connectivity index (χ2v) is 4.81. The summed E-state index contributed by atoms with van der Waals surface area (Å²) in [4.78, 5) is 2.08. The number of nitrogens with zero attached hydrogens (tertiary/aromatic N) is 4. The van der Waals surface area contributed by atoms with Crippen LogP contribution in [0, 0.1) is 6.92 Å². The number of aromatic nitrogens is 3. The maximum absolute atomic E-state index is 9.31. The Hall–Kier alpha value is -0.940. The molecule has 5 heteroatoms. The van der Waals surface area contributed by atoms with Gasteiger partial charge in [-0.3, -0.25) is 4.90 Å². The van der Waals surface area contributed by atoms with Crippen molar-refractivity contribution >= 4 is 0 Å². The molecule has 0 radical (unpaired) electrons. The Balaban J connectivity index is 2.03. The monoisotopic (exact) mass is 224 g/mol. The Kier molecular flexibility index (Phi) is 3.25. The Morgan fingerprint density at radius 2 is 2.19 bits per heavy atom. The standard InChI is InChI=1S/C11H20N4O/c1-8(16)6-14(3)7-11-13-12-9(2)15(11)10-4-5-10/h8,10,16H,4-7H2,1-3H3. The number of aryl methyl sites for hydroxylation is 1. The van der Waals surface area contributed by atoms with Gasteiger partial charge in [0, 0.05) is 12.6 Å². The van der Waals surface area contributed by atoms with Gasteiger partial charge in [0.05, 0.1) is 12.6 Å². The van der Waals surface area contributed by atoms with E-state index in [0.717, 1.165) is 18.2 Å². The first-order chi connectivity index (χ1) is 7.58. The Morgan fingerprint density at radius 3 is 2.75 bits per heavy atom. The molecule has 1 aromatic rings. The number of rotatable bonds is 5. The highest BCUT2D eigenvalue weighted by molar-refractivity contribution is 5.01. The molecule has 90 valence electrons. The van der Waals surface area contributed by atoms with Crippen molar-refractivity contribution in [3.8, 4) is 0 Å². The lowest BCUT2D eigenvalue weighted by Gasteiger charge is -2.18. The molecule has 0 amide bonds. The predicted octanol–water partition coefficient (Wildman–Crippen LogP) is 0.734. The zero-order chi connectivity index (χ0) is 11.7. The second kappa shape index (κ2) is 4.51. The van der Waals surface area contributed by atoms with E-state index in [9.17, 15) is 5.11 Å². The minimum absolute atomic E-state index is 0.302. The molecule has 1 aromatic heterocycles. The number of aliphatic hydroxyl groups is 1. The van der Waals surface area contributed by atoms with Crippen LogP contribution in [0.15, 0.2) is 0 Å². The molecule has 1 atom stereocenters. The molecule has 1 heterocycles. The first-order valence-corrected chi connectivity index (χ1v) is 5.85. The van der Waals surface area contributed by atoms with Gasteiger partial charge in [-0.05, 0) is 33.7 Å². The molecule has 1 aliphatic carbocycles. The van der Waals surface area contributed by atoms with E-state index in [1.54, 1.807) is 6.92 Å². The van der Waals surface area contributed by atoms with Crippen LogP contribution in [0.5, 0.6) is 0 Å². The molecule has 0 aliphatic heterocycles. The summed E-state index contributed by atoms with van der Waals surface area (Å²) in [6.45, 7) is 5.22. The van der Waals surface area contributed by atoms with Gasteiger partial charge in [-0.2, -0.15) is 0 Å². The van der Waals surface area contributed by atoms with Crippen molar-refractivity contribution in [1.29, 1.82) is 0 Å². The predicted molar refractivity (Wildman–Crippen MR) is 61.0 cm³/mol. The van der Waals surface area contributed by atoms with Gasteiger partial charge in [0.25, 0.3) is 0 Å². The van der Waals surface area contributed by atoms with Crippen LogP contribution in [0.4, 0.5) is 0 Å². The molecule has 1 unspecified atom stereocenters. The number of aliphatic hydroxyl groups excluding tert-OH is 1. The Morgan fingerprint density at radius 1 is 1.50 bits per heavy atom. The van der Waals surface area contributed by atoms with Crippen LogP contribution in [0.1, 0.15) is 37.5 Å². The van der Waals surface area contributed by atoms with E-state index in [0.29, 0.717) is 12.6 Å². The van der Waals surface area contributed by atoms with Crippen molar-refractivity contribution in [3.63, 3.8) is 0 Å². The van der Waals surface area contributed by atoms with Gasteiger partial charge >= 0.3 is 0 Å². The van der Waals surface area contributed by atoms with Gasteiger partial charge in [0.1, 0.15) is 11.6 Å². The summed E-state index contributed by atoms with van der Waals surface area (Å²) in [7, 11) is 1.99. The average Bonchev–Trinajstić information content (AvgIpc) is 2.92. The molecule has 5 nitrogen and oxygen atoms in total. The zero-order valence-electron chi connectivity index (χ0n) is 10.2. The van der Waals surface area contributed by atoms with Crippen molar-refractivity contribution in [2.45, 2.75) is 45.4 Å². The van der Waals surface area contributed by atoms with Crippen LogP contribution in [-0.4, -0.2) is 44.5 Å². The molecule has 2 rings (SSSR count). The summed E-state index contributed by atoms with van der Waals surface area (Å²) in [6.07, 6.45) is 2.18. The zero-order valence-corrected chi connectivity index (χ0v) is 10.2. The molecule has 1 saturated carbocycles. The van der Waals surface area contributed by atoms with E-state index in [1.165, 1.54) is 12.8 Å². The molecule has 1 fully saturated rings. The van der Waals surface area contributed by atoms with Crippen molar-refractivity contribution < 1.29 is 5.11 Å². The Labute approximate surface area is 96.1 Å². The molecule has 1 aliphatic rings. The lowest BCUT2D eigenvalue weighted by atomic mass is 10.3. The largest absolute Gasteiger partial charge is 0.392 e. The summed E-state index contributed by atoms with van der Waals surface area (Å²) in [5.41, 5.74) is 0. The smallest absolute Gasteiger partial charge is 0.147 e. The topological polar surface area (TPSA) is 54.2 Å². The van der Waals surface area contributed by atoms with E-state index >= 15 is 0 Å². The summed E-state index contributed by atoms with van der Waals surface area (Å²) in [5.74, 6) is 2.02. The van der Waals surface area contributed by atoms with Gasteiger partial charge in [-0.1, -0.05) is 0 Å². The lowest BCUT2D eigenvalue weighted by molar-refractivity contribution is 0.136. The van der Waals surface area contributed by atoms with Crippen molar-refractivity contribution in [3.05, 3.63) is 11.6 Å². The van der Waals surface area contributed by atoms with E-state index < -0.39 is 0 Å². The highest BCUT2D eigenvalue weighted by Crippen LogP contribution is 2.36. The van der Waals surface area contributed by atoms with E-state index in [4.69, 9.17) is 0 Å². The first-order valence-electron chi connectivity index (χ1n) is 5.85. The minimum atomic E-state index is -0.302. The molecule has 0 bridgehead atoms.